The fourth-order valence-electron chi connectivity index (χ4n) is 4.12. The van der Waals surface area contributed by atoms with E-state index in [1.807, 2.05) is 0 Å². The molecule has 6 heteroatoms. The van der Waals surface area contributed by atoms with Crippen molar-refractivity contribution in [2.45, 2.75) is 12.8 Å². The van der Waals surface area contributed by atoms with Gasteiger partial charge in [-0.1, -0.05) is 29.8 Å². The van der Waals surface area contributed by atoms with Crippen LogP contribution in [0.3, 0.4) is 0 Å². The number of rotatable bonds is 4. The summed E-state index contributed by atoms with van der Waals surface area (Å²) in [6, 6.07) is 12.9. The van der Waals surface area contributed by atoms with E-state index in [0.29, 0.717) is 0 Å². The lowest BCUT2D eigenvalue weighted by atomic mass is 10.1. The Morgan fingerprint density at radius 2 is 1.96 bits per heavy atom. The molecule has 1 saturated heterocycles. The molecular formula is C21H23ClN4S. The summed E-state index contributed by atoms with van der Waals surface area (Å²) in [4.78, 5) is 5.05. The van der Waals surface area contributed by atoms with Gasteiger partial charge in [0.1, 0.15) is 5.00 Å². The Bertz CT molecular complexity index is 962. The first kappa shape index (κ1) is 17.3. The second kappa shape index (κ2) is 7.30. The van der Waals surface area contributed by atoms with Crippen LogP contribution >= 0.6 is 23.1 Å². The van der Waals surface area contributed by atoms with E-state index < -0.39 is 0 Å². The fraction of sp³-hybridized carbons (Fsp3) is 0.381. The van der Waals surface area contributed by atoms with Crippen molar-refractivity contribution in [3.05, 3.63) is 52.5 Å². The summed E-state index contributed by atoms with van der Waals surface area (Å²) in [6.07, 6.45) is 2.14. The molecule has 2 aliphatic heterocycles. The molecule has 4 nitrogen and oxygen atoms in total. The highest BCUT2D eigenvalue weighted by atomic mass is 35.5. The first-order valence-electron chi connectivity index (χ1n) is 9.65. The number of hydrogen-bond acceptors (Lipinski definition) is 5. The SMILES string of the molecule is Clc1cc2c(cc1CCN1CCN(c3snc4ccccc34)CC1)CCN2. The Morgan fingerprint density at radius 3 is 2.85 bits per heavy atom. The summed E-state index contributed by atoms with van der Waals surface area (Å²) in [5.74, 6) is 0. The molecule has 0 unspecified atom stereocenters. The average Bonchev–Trinajstić information content (AvgIpc) is 3.33. The number of anilines is 2. The molecule has 1 aromatic heterocycles. The van der Waals surface area contributed by atoms with Crippen LogP contribution in [-0.4, -0.2) is 48.5 Å². The van der Waals surface area contributed by atoms with Crippen molar-refractivity contribution in [2.75, 3.05) is 49.5 Å². The summed E-state index contributed by atoms with van der Waals surface area (Å²) >= 11 is 8.13. The molecule has 27 heavy (non-hydrogen) atoms. The molecule has 0 amide bonds. The first-order chi connectivity index (χ1) is 13.3. The van der Waals surface area contributed by atoms with Crippen LogP contribution in [-0.2, 0) is 12.8 Å². The molecule has 0 radical (unpaired) electrons. The zero-order valence-corrected chi connectivity index (χ0v) is 16.8. The van der Waals surface area contributed by atoms with E-state index in [4.69, 9.17) is 11.6 Å². The number of hydrogen-bond donors (Lipinski definition) is 1. The predicted octanol–water partition coefficient (Wildman–Crippen LogP) is 4.28. The highest BCUT2D eigenvalue weighted by molar-refractivity contribution is 7.11. The van der Waals surface area contributed by atoms with Gasteiger partial charge in [-0.2, -0.15) is 4.37 Å². The standard InChI is InChI=1S/C21H23ClN4S/c22-18-14-20-16(5-7-23-20)13-15(18)6-8-25-9-11-26(12-10-25)21-17-3-1-2-4-19(17)24-27-21/h1-4,13-14,23H,5-12H2. The van der Waals surface area contributed by atoms with Crippen LogP contribution in [0.1, 0.15) is 11.1 Å². The minimum absolute atomic E-state index is 0.901. The number of nitrogens with one attached hydrogen (secondary N) is 1. The summed E-state index contributed by atoms with van der Waals surface area (Å²) < 4.78 is 4.59. The lowest BCUT2D eigenvalue weighted by Crippen LogP contribution is -2.46. The molecule has 1 N–H and O–H groups in total. The van der Waals surface area contributed by atoms with E-state index >= 15 is 0 Å². The van der Waals surface area contributed by atoms with Crippen LogP contribution in [0.25, 0.3) is 10.9 Å². The maximum Gasteiger partial charge on any atom is 0.120 e. The van der Waals surface area contributed by atoms with E-state index in [0.717, 1.165) is 62.6 Å². The Morgan fingerprint density at radius 1 is 1.11 bits per heavy atom. The number of nitrogens with zero attached hydrogens (tertiary/aromatic N) is 3. The summed E-state index contributed by atoms with van der Waals surface area (Å²) in [5.41, 5.74) is 5.03. The van der Waals surface area contributed by atoms with Crippen LogP contribution in [0.2, 0.25) is 5.02 Å². The molecule has 0 atom stereocenters. The van der Waals surface area contributed by atoms with E-state index in [-0.39, 0.29) is 0 Å². The van der Waals surface area contributed by atoms with E-state index in [2.05, 4.69) is 55.9 Å². The Hall–Kier alpha value is -1.82. The van der Waals surface area contributed by atoms with Gasteiger partial charge in [-0.05, 0) is 53.7 Å². The van der Waals surface area contributed by atoms with E-state index in [9.17, 15) is 0 Å². The maximum absolute atomic E-state index is 6.50. The summed E-state index contributed by atoms with van der Waals surface area (Å²) in [7, 11) is 0. The van der Waals surface area contributed by atoms with Gasteiger partial charge >= 0.3 is 0 Å². The molecule has 3 aromatic rings. The zero-order chi connectivity index (χ0) is 18.2. The molecule has 0 bridgehead atoms. The second-order valence-electron chi connectivity index (χ2n) is 7.36. The maximum atomic E-state index is 6.50. The van der Waals surface area contributed by atoms with E-state index in [1.54, 1.807) is 11.5 Å². The quantitative estimate of drug-likeness (QED) is 0.710. The minimum atomic E-state index is 0.901. The topological polar surface area (TPSA) is 31.4 Å². The molecular weight excluding hydrogens is 376 g/mol. The minimum Gasteiger partial charge on any atom is -0.384 e. The molecule has 0 saturated carbocycles. The molecule has 3 heterocycles. The number of aromatic nitrogens is 1. The lowest BCUT2D eigenvalue weighted by molar-refractivity contribution is 0.261. The average molecular weight is 399 g/mol. The molecule has 1 fully saturated rings. The van der Waals surface area contributed by atoms with Crippen molar-refractivity contribution in [3.8, 4) is 0 Å². The second-order valence-corrected chi connectivity index (χ2v) is 8.52. The largest absolute Gasteiger partial charge is 0.384 e. The molecule has 2 aromatic carbocycles. The third-order valence-electron chi connectivity index (χ3n) is 5.70. The Kier molecular flexibility index (Phi) is 4.68. The van der Waals surface area contributed by atoms with Crippen molar-refractivity contribution in [1.29, 1.82) is 0 Å². The molecule has 0 spiro atoms. The van der Waals surface area contributed by atoms with Gasteiger partial charge in [0.25, 0.3) is 0 Å². The number of benzene rings is 2. The number of piperazine rings is 1. The van der Waals surface area contributed by atoms with Gasteiger partial charge in [-0.15, -0.1) is 0 Å². The monoisotopic (exact) mass is 398 g/mol. The molecule has 5 rings (SSSR count). The van der Waals surface area contributed by atoms with Gasteiger partial charge in [0, 0.05) is 55.4 Å². The highest BCUT2D eigenvalue weighted by Gasteiger charge is 2.21. The Balaban J connectivity index is 1.20. The van der Waals surface area contributed by atoms with Gasteiger partial charge < -0.3 is 10.2 Å². The fourth-order valence-corrected chi connectivity index (χ4v) is 5.29. The predicted molar refractivity (Wildman–Crippen MR) is 116 cm³/mol. The van der Waals surface area contributed by atoms with Gasteiger partial charge in [0.05, 0.1) is 5.52 Å². The summed E-state index contributed by atoms with van der Waals surface area (Å²) in [6.45, 7) is 6.42. The van der Waals surface area contributed by atoms with Gasteiger partial charge in [0.15, 0.2) is 0 Å². The van der Waals surface area contributed by atoms with Crippen LogP contribution in [0.15, 0.2) is 36.4 Å². The lowest BCUT2D eigenvalue weighted by Gasteiger charge is -2.35. The third-order valence-corrected chi connectivity index (χ3v) is 6.99. The van der Waals surface area contributed by atoms with Crippen LogP contribution in [0.4, 0.5) is 10.7 Å². The van der Waals surface area contributed by atoms with Crippen molar-refractivity contribution >= 4 is 44.7 Å². The molecule has 140 valence electrons. The summed E-state index contributed by atoms with van der Waals surface area (Å²) in [5, 5.41) is 6.91. The number of fused-ring (bicyclic) bond motifs is 2. The molecule has 2 aliphatic rings. The van der Waals surface area contributed by atoms with Crippen LogP contribution in [0, 0.1) is 0 Å². The van der Waals surface area contributed by atoms with Crippen molar-refractivity contribution in [2.24, 2.45) is 0 Å². The third kappa shape index (κ3) is 3.40. The smallest absolute Gasteiger partial charge is 0.120 e. The zero-order valence-electron chi connectivity index (χ0n) is 15.2. The van der Waals surface area contributed by atoms with Gasteiger partial charge in [-0.25, -0.2) is 0 Å². The Labute approximate surface area is 168 Å². The van der Waals surface area contributed by atoms with Crippen LogP contribution in [0.5, 0.6) is 0 Å². The number of halogens is 1. The van der Waals surface area contributed by atoms with Crippen molar-refractivity contribution < 1.29 is 0 Å². The van der Waals surface area contributed by atoms with Gasteiger partial charge in [-0.3, -0.25) is 4.90 Å². The highest BCUT2D eigenvalue weighted by Crippen LogP contribution is 2.32. The van der Waals surface area contributed by atoms with Gasteiger partial charge in [0.2, 0.25) is 0 Å². The van der Waals surface area contributed by atoms with Crippen LogP contribution < -0.4 is 10.2 Å². The molecule has 0 aliphatic carbocycles. The first-order valence-corrected chi connectivity index (χ1v) is 10.8. The van der Waals surface area contributed by atoms with Crippen molar-refractivity contribution in [3.63, 3.8) is 0 Å². The normalized spacial score (nSPS) is 17.3. The van der Waals surface area contributed by atoms with Crippen molar-refractivity contribution in [1.82, 2.24) is 9.27 Å². The van der Waals surface area contributed by atoms with E-state index in [1.165, 1.54) is 27.2 Å².